The number of aryl methyl sites for hydroxylation is 1. The molecule has 2 aliphatic heterocycles. The molecule has 3 aromatic rings. The summed E-state index contributed by atoms with van der Waals surface area (Å²) in [6, 6.07) is 17.1. The van der Waals surface area contributed by atoms with Gasteiger partial charge in [0.25, 0.3) is 20.2 Å². The lowest BCUT2D eigenvalue weighted by molar-refractivity contribution is -0.438. The molecule has 19 heteroatoms. The van der Waals surface area contributed by atoms with E-state index >= 15 is 0 Å². The van der Waals surface area contributed by atoms with Crippen molar-refractivity contribution in [1.82, 2.24) is 0 Å². The minimum Gasteiger partial charge on any atom is -0.748 e. The number of aliphatic carboxylic acids is 1. The summed E-state index contributed by atoms with van der Waals surface area (Å²) in [5, 5.41) is 9.34. The molecule has 1 atom stereocenters. The predicted octanol–water partition coefficient (Wildman–Crippen LogP) is 7.67. The van der Waals surface area contributed by atoms with Crippen molar-refractivity contribution in [3.63, 3.8) is 0 Å². The molecule has 0 saturated carbocycles. The maximum atomic E-state index is 12.7. The van der Waals surface area contributed by atoms with E-state index in [1.165, 1.54) is 12.1 Å². The quantitative estimate of drug-likeness (QED) is 0.0390. The van der Waals surface area contributed by atoms with Crippen LogP contribution in [-0.2, 0) is 62.2 Å². The minimum atomic E-state index is -4.54. The van der Waals surface area contributed by atoms with E-state index in [2.05, 4.69) is 16.5 Å². The van der Waals surface area contributed by atoms with Crippen LogP contribution in [0.15, 0.2) is 112 Å². The number of carboxylic acids is 1. The highest BCUT2D eigenvalue weighted by molar-refractivity contribution is 7.95. The number of allylic oxidation sites excluding steroid dienone is 8. The Bertz CT molecular complexity index is 3070. The van der Waals surface area contributed by atoms with E-state index in [4.69, 9.17) is 0 Å². The summed E-state index contributed by atoms with van der Waals surface area (Å²) in [7, 11) is -16.7. The van der Waals surface area contributed by atoms with Gasteiger partial charge in [-0.15, -0.1) is 0 Å². The number of hydrogen-bond acceptors (Lipinski definition) is 10. The van der Waals surface area contributed by atoms with Crippen LogP contribution in [0.1, 0.15) is 101 Å². The zero-order valence-electron chi connectivity index (χ0n) is 38.0. The number of unbranched alkanes of at least 4 members (excludes halogenated alkanes) is 2. The lowest BCUT2D eigenvalue weighted by atomic mass is 9.79. The molecule has 15 nitrogen and oxygen atoms in total. The summed E-state index contributed by atoms with van der Waals surface area (Å²) in [6.07, 6.45) is 11.6. The van der Waals surface area contributed by atoms with Crippen LogP contribution in [0.4, 0.5) is 11.4 Å². The van der Waals surface area contributed by atoms with Gasteiger partial charge in [-0.3, -0.25) is 13.9 Å². The summed E-state index contributed by atoms with van der Waals surface area (Å²) in [6.45, 7) is 8.57. The van der Waals surface area contributed by atoms with E-state index in [-0.39, 0.29) is 29.1 Å². The van der Waals surface area contributed by atoms with Crippen LogP contribution < -0.4 is 4.90 Å². The number of anilines is 1. The van der Waals surface area contributed by atoms with Gasteiger partial charge in [0.05, 0.1) is 31.1 Å². The normalized spacial score (nSPS) is 19.4. The Morgan fingerprint density at radius 3 is 2.07 bits per heavy atom. The first-order valence-electron chi connectivity index (χ1n) is 21.9. The fourth-order valence-corrected chi connectivity index (χ4v) is 11.5. The second kappa shape index (κ2) is 19.7. The van der Waals surface area contributed by atoms with Crippen molar-refractivity contribution in [3.8, 4) is 0 Å². The molecule has 0 radical (unpaired) electrons. The third-order valence-corrected chi connectivity index (χ3v) is 16.2. The maximum Gasteiger partial charge on any atom is 0.303 e. The lowest BCUT2D eigenvalue weighted by Gasteiger charge is -2.28. The van der Waals surface area contributed by atoms with E-state index in [0.717, 1.165) is 56.9 Å². The molecule has 0 bridgehead atoms. The van der Waals surface area contributed by atoms with Gasteiger partial charge in [-0.25, -0.2) is 12.6 Å². The highest BCUT2D eigenvalue weighted by Crippen LogP contribution is 2.49. The molecule has 2 heterocycles. The molecule has 6 rings (SSSR count). The van der Waals surface area contributed by atoms with Crippen LogP contribution in [0.25, 0.3) is 5.57 Å². The van der Waals surface area contributed by atoms with Gasteiger partial charge in [0.2, 0.25) is 5.69 Å². The van der Waals surface area contributed by atoms with E-state index in [9.17, 15) is 57.6 Å². The third-order valence-electron chi connectivity index (χ3n) is 12.7. The second-order valence-electron chi connectivity index (χ2n) is 18.3. The fraction of sp³-hybridized carbons (Fsp3) is 0.396. The average molecular weight is 999 g/mol. The molecule has 4 N–H and O–H groups in total. The Morgan fingerprint density at radius 2 is 1.45 bits per heavy atom. The summed E-state index contributed by atoms with van der Waals surface area (Å²) in [4.78, 5) is 13.3. The molecular weight excluding hydrogens is 941 g/mol. The van der Waals surface area contributed by atoms with Crippen LogP contribution in [0.2, 0.25) is 0 Å². The zero-order chi connectivity index (χ0) is 49.3. The third kappa shape index (κ3) is 12.3. The molecule has 0 fully saturated rings. The van der Waals surface area contributed by atoms with Crippen molar-refractivity contribution in [2.24, 2.45) is 0 Å². The van der Waals surface area contributed by atoms with E-state index in [0.29, 0.717) is 56.4 Å². The summed E-state index contributed by atoms with van der Waals surface area (Å²) in [5.74, 6) is 1.63. The van der Waals surface area contributed by atoms with Crippen molar-refractivity contribution >= 4 is 74.7 Å². The number of carboxylic acid groups (broad SMARTS) is 1. The van der Waals surface area contributed by atoms with Gasteiger partial charge in [0.1, 0.15) is 16.3 Å². The maximum absolute atomic E-state index is 12.7. The SMILES string of the molecule is C=S(=O)(O)c1ccc2c(c1)C(C)(C)C(C=CC1=C(c3ccc(CCC(=O)O)cc3)C(=CC=C3N(CCCCS(=O)(=O)[O-])c4ccc(S(=O)(=O)O)cc4C3(C)C)CCC1)=[N+]2CCCCS(=O)(=O)O. The topological polar surface area (TPSA) is 247 Å². The van der Waals surface area contributed by atoms with Gasteiger partial charge < -0.3 is 19.1 Å². The van der Waals surface area contributed by atoms with Crippen LogP contribution in [-0.4, -0.2) is 99.5 Å². The predicted molar refractivity (Wildman–Crippen MR) is 260 cm³/mol. The molecule has 67 heavy (non-hydrogen) atoms. The van der Waals surface area contributed by atoms with E-state index < -0.39 is 68.5 Å². The first-order valence-corrected chi connectivity index (χ1v) is 28.2. The Balaban J connectivity index is 1.49. The number of nitrogens with zero attached hydrogens (tertiary/aromatic N) is 2. The molecule has 3 aromatic carbocycles. The molecule has 0 saturated heterocycles. The Morgan fingerprint density at radius 1 is 0.791 bits per heavy atom. The lowest BCUT2D eigenvalue weighted by Crippen LogP contribution is -2.28. The number of carbonyl (C=O) groups is 1. The number of benzene rings is 3. The van der Waals surface area contributed by atoms with Gasteiger partial charge in [-0.1, -0.05) is 50.3 Å². The van der Waals surface area contributed by atoms with Crippen LogP contribution >= 0.6 is 0 Å². The van der Waals surface area contributed by atoms with Crippen molar-refractivity contribution in [1.29, 1.82) is 0 Å². The van der Waals surface area contributed by atoms with Crippen LogP contribution in [0.3, 0.4) is 0 Å². The van der Waals surface area contributed by atoms with Gasteiger partial charge in [0, 0.05) is 59.6 Å². The monoisotopic (exact) mass is 998 g/mol. The highest BCUT2D eigenvalue weighted by Gasteiger charge is 2.45. The van der Waals surface area contributed by atoms with Gasteiger partial charge in [-0.05, 0) is 134 Å². The van der Waals surface area contributed by atoms with E-state index in [1.807, 2.05) is 75.1 Å². The second-order valence-corrected chi connectivity index (χ2v) is 24.6. The van der Waals surface area contributed by atoms with Crippen LogP contribution in [0, 0.1) is 0 Å². The first-order chi connectivity index (χ1) is 31.1. The number of hydrogen-bond donors (Lipinski definition) is 4. The van der Waals surface area contributed by atoms with Crippen LogP contribution in [0.5, 0.6) is 0 Å². The van der Waals surface area contributed by atoms with Gasteiger partial charge >= 0.3 is 5.97 Å². The largest absolute Gasteiger partial charge is 0.748 e. The average Bonchev–Trinajstić information content (AvgIpc) is 3.57. The van der Waals surface area contributed by atoms with Crippen molar-refractivity contribution in [2.45, 2.75) is 106 Å². The summed E-state index contributed by atoms with van der Waals surface area (Å²) < 4.78 is 127. The molecular formula is C48H58N2O13S4. The summed E-state index contributed by atoms with van der Waals surface area (Å²) in [5.41, 5.74) is 7.63. The molecule has 0 spiro atoms. The Kier molecular flexibility index (Phi) is 15.2. The molecule has 1 aliphatic carbocycles. The smallest absolute Gasteiger partial charge is 0.303 e. The Hall–Kier alpha value is -4.73. The number of fused-ring (bicyclic) bond motifs is 2. The van der Waals surface area contributed by atoms with Crippen molar-refractivity contribution < 1.29 is 62.1 Å². The molecule has 1 unspecified atom stereocenters. The summed E-state index contributed by atoms with van der Waals surface area (Å²) >= 11 is 0. The zero-order valence-corrected chi connectivity index (χ0v) is 41.2. The van der Waals surface area contributed by atoms with Crippen molar-refractivity contribution in [3.05, 3.63) is 124 Å². The standard InChI is InChI=1S/C48H58N2O13S4/c1-47(2)39-31-37(64(5,53)54)20-22-41(39)49(27-6-8-29-65(55,56)57)43(47)24-18-34-11-10-12-35(46(34)36-16-13-33(14-17-36)15-26-45(51)52)19-25-44-48(3,4)40-32-38(67(61,62)63)21-23-42(40)50(44)28-7-9-30-66(58,59)60/h13-14,16-25,31-32H,5-12,15,26-30H2,1-4H3,(H4-,51,52,53,54,55,56,57,58,59,60,61,62,63). The minimum absolute atomic E-state index is 0.0311. The van der Waals surface area contributed by atoms with Crippen molar-refractivity contribution in [2.75, 3.05) is 29.5 Å². The fourth-order valence-electron chi connectivity index (χ4n) is 9.33. The number of rotatable bonds is 19. The highest BCUT2D eigenvalue weighted by atomic mass is 32.2. The van der Waals surface area contributed by atoms with Gasteiger partial charge in [0.15, 0.2) is 5.71 Å². The molecule has 362 valence electrons. The molecule has 0 amide bonds. The van der Waals surface area contributed by atoms with Gasteiger partial charge in [-0.2, -0.15) is 21.4 Å². The molecule has 0 aromatic heterocycles. The van der Waals surface area contributed by atoms with E-state index in [1.54, 1.807) is 24.3 Å². The Labute approximate surface area is 394 Å². The molecule has 3 aliphatic rings. The first kappa shape index (κ1) is 51.7.